The van der Waals surface area contributed by atoms with E-state index in [9.17, 15) is 0 Å². The highest BCUT2D eigenvalue weighted by molar-refractivity contribution is 5.73. The topological polar surface area (TPSA) is 38.5 Å². The SMILES string of the molecule is Nc1ccc2c(c1)N(c1ccccc1)CCO2. The molecular formula is C14H14N2O. The number of nitrogen functional groups attached to an aromatic ring is 1. The first-order valence-electron chi connectivity index (χ1n) is 5.69. The molecule has 2 aromatic carbocycles. The van der Waals surface area contributed by atoms with Crippen molar-refractivity contribution in [1.29, 1.82) is 0 Å². The number of benzene rings is 2. The fraction of sp³-hybridized carbons (Fsp3) is 0.143. The Labute approximate surface area is 100 Å². The second-order valence-electron chi connectivity index (χ2n) is 4.06. The summed E-state index contributed by atoms with van der Waals surface area (Å²) in [6.45, 7) is 1.55. The lowest BCUT2D eigenvalue weighted by atomic mass is 10.2. The molecular weight excluding hydrogens is 212 g/mol. The first kappa shape index (κ1) is 10.0. The highest BCUT2D eigenvalue weighted by atomic mass is 16.5. The van der Waals surface area contributed by atoms with Crippen LogP contribution in [0.3, 0.4) is 0 Å². The van der Waals surface area contributed by atoms with Gasteiger partial charge in [0.05, 0.1) is 12.2 Å². The molecule has 0 fully saturated rings. The quantitative estimate of drug-likeness (QED) is 0.760. The van der Waals surface area contributed by atoms with Crippen molar-refractivity contribution in [2.24, 2.45) is 0 Å². The van der Waals surface area contributed by atoms with E-state index in [1.807, 2.05) is 36.4 Å². The molecule has 0 radical (unpaired) electrons. The number of nitrogens with two attached hydrogens (primary N) is 1. The van der Waals surface area contributed by atoms with E-state index >= 15 is 0 Å². The molecule has 1 heterocycles. The Balaban J connectivity index is 2.08. The Bertz CT molecular complexity index is 525. The van der Waals surface area contributed by atoms with E-state index in [4.69, 9.17) is 10.5 Å². The molecule has 17 heavy (non-hydrogen) atoms. The van der Waals surface area contributed by atoms with Gasteiger partial charge in [-0.15, -0.1) is 0 Å². The zero-order valence-electron chi connectivity index (χ0n) is 9.47. The third-order valence-electron chi connectivity index (χ3n) is 2.91. The van der Waals surface area contributed by atoms with Crippen molar-refractivity contribution in [2.75, 3.05) is 23.8 Å². The Hall–Kier alpha value is -2.16. The average Bonchev–Trinajstić information content (AvgIpc) is 2.39. The van der Waals surface area contributed by atoms with Crippen molar-refractivity contribution in [2.45, 2.75) is 0 Å². The summed E-state index contributed by atoms with van der Waals surface area (Å²) in [7, 11) is 0. The standard InChI is InChI=1S/C14H14N2O/c15-11-6-7-14-13(10-11)16(8-9-17-14)12-4-2-1-3-5-12/h1-7,10H,8-9,15H2. The molecule has 2 N–H and O–H groups in total. The molecule has 2 aromatic rings. The number of para-hydroxylation sites is 1. The highest BCUT2D eigenvalue weighted by Crippen LogP contribution is 2.37. The molecule has 0 amide bonds. The van der Waals surface area contributed by atoms with Crippen LogP contribution in [-0.4, -0.2) is 13.2 Å². The number of hydrogen-bond donors (Lipinski definition) is 1. The molecule has 1 aliphatic rings. The van der Waals surface area contributed by atoms with Crippen LogP contribution in [0.4, 0.5) is 17.1 Å². The molecule has 3 nitrogen and oxygen atoms in total. The van der Waals surface area contributed by atoms with Gasteiger partial charge in [0.15, 0.2) is 0 Å². The Morgan fingerprint density at radius 3 is 2.71 bits per heavy atom. The van der Waals surface area contributed by atoms with Crippen molar-refractivity contribution < 1.29 is 4.74 Å². The van der Waals surface area contributed by atoms with Crippen LogP contribution >= 0.6 is 0 Å². The maximum Gasteiger partial charge on any atom is 0.143 e. The van der Waals surface area contributed by atoms with Crippen molar-refractivity contribution in [3.8, 4) is 5.75 Å². The van der Waals surface area contributed by atoms with Gasteiger partial charge in [0.1, 0.15) is 12.4 Å². The van der Waals surface area contributed by atoms with Crippen LogP contribution in [0.2, 0.25) is 0 Å². The van der Waals surface area contributed by atoms with E-state index in [1.54, 1.807) is 0 Å². The Morgan fingerprint density at radius 1 is 1.06 bits per heavy atom. The molecule has 0 spiro atoms. The molecule has 0 aliphatic carbocycles. The van der Waals surface area contributed by atoms with Gasteiger partial charge in [-0.05, 0) is 30.3 Å². The molecule has 0 saturated heterocycles. The minimum absolute atomic E-state index is 0.700. The number of fused-ring (bicyclic) bond motifs is 1. The minimum atomic E-state index is 0.700. The van der Waals surface area contributed by atoms with Gasteiger partial charge in [-0.2, -0.15) is 0 Å². The lowest BCUT2D eigenvalue weighted by Gasteiger charge is -2.31. The van der Waals surface area contributed by atoms with Gasteiger partial charge in [-0.3, -0.25) is 0 Å². The zero-order chi connectivity index (χ0) is 11.7. The Kier molecular flexibility index (Phi) is 2.37. The Morgan fingerprint density at radius 2 is 1.88 bits per heavy atom. The van der Waals surface area contributed by atoms with Gasteiger partial charge >= 0.3 is 0 Å². The first-order chi connectivity index (χ1) is 8.34. The van der Waals surface area contributed by atoms with Crippen LogP contribution in [0.15, 0.2) is 48.5 Å². The summed E-state index contributed by atoms with van der Waals surface area (Å²) in [5.41, 5.74) is 8.81. The summed E-state index contributed by atoms with van der Waals surface area (Å²) in [6, 6.07) is 16.0. The summed E-state index contributed by atoms with van der Waals surface area (Å²) in [4.78, 5) is 2.23. The van der Waals surface area contributed by atoms with Gasteiger partial charge in [-0.25, -0.2) is 0 Å². The van der Waals surface area contributed by atoms with E-state index in [0.29, 0.717) is 6.61 Å². The zero-order valence-corrected chi connectivity index (χ0v) is 9.47. The number of hydrogen-bond acceptors (Lipinski definition) is 3. The highest BCUT2D eigenvalue weighted by Gasteiger charge is 2.19. The largest absolute Gasteiger partial charge is 0.490 e. The van der Waals surface area contributed by atoms with Gasteiger partial charge < -0.3 is 15.4 Å². The van der Waals surface area contributed by atoms with Crippen LogP contribution in [0.1, 0.15) is 0 Å². The molecule has 86 valence electrons. The molecule has 3 heteroatoms. The maximum absolute atomic E-state index is 5.84. The van der Waals surface area contributed by atoms with Crippen molar-refractivity contribution in [3.05, 3.63) is 48.5 Å². The van der Waals surface area contributed by atoms with Gasteiger partial charge in [0.2, 0.25) is 0 Å². The molecule has 0 aromatic heterocycles. The molecule has 0 bridgehead atoms. The van der Waals surface area contributed by atoms with Crippen molar-refractivity contribution in [3.63, 3.8) is 0 Å². The number of nitrogens with zero attached hydrogens (tertiary/aromatic N) is 1. The number of anilines is 3. The molecule has 3 rings (SSSR count). The minimum Gasteiger partial charge on any atom is -0.490 e. The second kappa shape index (κ2) is 4.01. The van der Waals surface area contributed by atoms with E-state index in [2.05, 4.69) is 17.0 Å². The molecule has 0 unspecified atom stereocenters. The lowest BCUT2D eigenvalue weighted by molar-refractivity contribution is 0.314. The van der Waals surface area contributed by atoms with Gasteiger partial charge in [0.25, 0.3) is 0 Å². The fourth-order valence-electron chi connectivity index (χ4n) is 2.11. The third-order valence-corrected chi connectivity index (χ3v) is 2.91. The first-order valence-corrected chi connectivity index (χ1v) is 5.69. The summed E-state index contributed by atoms with van der Waals surface area (Å²) in [5, 5.41) is 0. The molecule has 0 atom stereocenters. The summed E-state index contributed by atoms with van der Waals surface area (Å²) in [5.74, 6) is 0.898. The average molecular weight is 226 g/mol. The second-order valence-corrected chi connectivity index (χ2v) is 4.06. The number of ether oxygens (including phenoxy) is 1. The van der Waals surface area contributed by atoms with Gasteiger partial charge in [0, 0.05) is 11.4 Å². The fourth-order valence-corrected chi connectivity index (χ4v) is 2.11. The maximum atomic E-state index is 5.84. The van der Waals surface area contributed by atoms with Gasteiger partial charge in [-0.1, -0.05) is 18.2 Å². The predicted octanol–water partition coefficient (Wildman–Crippen LogP) is 2.80. The van der Waals surface area contributed by atoms with Crippen LogP contribution < -0.4 is 15.4 Å². The van der Waals surface area contributed by atoms with Crippen molar-refractivity contribution >= 4 is 17.1 Å². The van der Waals surface area contributed by atoms with Crippen molar-refractivity contribution in [1.82, 2.24) is 0 Å². The van der Waals surface area contributed by atoms with E-state index in [1.165, 1.54) is 5.69 Å². The van der Waals surface area contributed by atoms with Crippen LogP contribution in [0.5, 0.6) is 5.75 Å². The van der Waals surface area contributed by atoms with Crippen LogP contribution in [0.25, 0.3) is 0 Å². The lowest BCUT2D eigenvalue weighted by Crippen LogP contribution is -2.28. The number of rotatable bonds is 1. The van der Waals surface area contributed by atoms with Crippen LogP contribution in [0, 0.1) is 0 Å². The smallest absolute Gasteiger partial charge is 0.143 e. The van der Waals surface area contributed by atoms with E-state index in [0.717, 1.165) is 23.7 Å². The van der Waals surface area contributed by atoms with E-state index < -0.39 is 0 Å². The van der Waals surface area contributed by atoms with Crippen LogP contribution in [-0.2, 0) is 0 Å². The molecule has 0 saturated carbocycles. The predicted molar refractivity (Wildman–Crippen MR) is 69.8 cm³/mol. The third kappa shape index (κ3) is 1.80. The summed E-state index contributed by atoms with van der Waals surface area (Å²) < 4.78 is 5.63. The normalized spacial score (nSPS) is 14.0. The molecule has 1 aliphatic heterocycles. The summed E-state index contributed by atoms with van der Waals surface area (Å²) in [6.07, 6.45) is 0. The monoisotopic (exact) mass is 226 g/mol. The van der Waals surface area contributed by atoms with E-state index in [-0.39, 0.29) is 0 Å². The summed E-state index contributed by atoms with van der Waals surface area (Å²) >= 11 is 0.